The topological polar surface area (TPSA) is 56.1 Å². The Morgan fingerprint density at radius 3 is 2.57 bits per heavy atom. The van der Waals surface area contributed by atoms with Crippen LogP contribution in [-0.4, -0.2) is 29.9 Å². The Morgan fingerprint density at radius 1 is 1.33 bits per heavy atom. The molecule has 0 radical (unpaired) electrons. The minimum atomic E-state index is -0.325. The number of hydrogen-bond donors (Lipinski definition) is 1. The van der Waals surface area contributed by atoms with Crippen LogP contribution in [0.3, 0.4) is 0 Å². The first-order chi connectivity index (χ1) is 10.1. The van der Waals surface area contributed by atoms with Crippen LogP contribution in [0.25, 0.3) is 0 Å². The van der Waals surface area contributed by atoms with Crippen LogP contribution >= 0.6 is 11.6 Å². The fourth-order valence-electron chi connectivity index (χ4n) is 2.56. The summed E-state index contributed by atoms with van der Waals surface area (Å²) in [5, 5.41) is 12.4. The molecule has 4 nitrogen and oxygen atoms in total. The van der Waals surface area contributed by atoms with Crippen molar-refractivity contribution in [1.29, 1.82) is 5.26 Å². The Morgan fingerprint density at radius 2 is 2.00 bits per heavy atom. The average Bonchev–Trinajstić information content (AvgIpc) is 2.77. The van der Waals surface area contributed by atoms with Gasteiger partial charge in [-0.25, -0.2) is 0 Å². The van der Waals surface area contributed by atoms with Crippen molar-refractivity contribution in [3.8, 4) is 6.07 Å². The van der Waals surface area contributed by atoms with E-state index in [4.69, 9.17) is 16.9 Å². The molecule has 0 aromatic heterocycles. The van der Waals surface area contributed by atoms with E-state index >= 15 is 0 Å². The molecule has 1 fully saturated rings. The number of hydrogen-bond acceptors (Lipinski definition) is 3. The van der Waals surface area contributed by atoms with E-state index < -0.39 is 0 Å². The van der Waals surface area contributed by atoms with Gasteiger partial charge >= 0.3 is 0 Å². The number of anilines is 1. The lowest BCUT2D eigenvalue weighted by molar-refractivity contribution is -0.131. The summed E-state index contributed by atoms with van der Waals surface area (Å²) >= 11 is 6.13. The van der Waals surface area contributed by atoms with Gasteiger partial charge in [-0.2, -0.15) is 5.26 Å². The molecule has 1 unspecified atom stereocenters. The highest BCUT2D eigenvalue weighted by molar-refractivity contribution is 6.33. The molecule has 1 N–H and O–H groups in total. The predicted molar refractivity (Wildman–Crippen MR) is 84.3 cm³/mol. The van der Waals surface area contributed by atoms with Gasteiger partial charge in [-0.05, 0) is 38.0 Å². The monoisotopic (exact) mass is 305 g/mol. The van der Waals surface area contributed by atoms with E-state index in [-0.39, 0.29) is 11.9 Å². The maximum Gasteiger partial charge on any atom is 0.244 e. The Labute approximate surface area is 130 Å². The third-order valence-electron chi connectivity index (χ3n) is 3.76. The molecular formula is C16H20ClN3O. The van der Waals surface area contributed by atoms with Gasteiger partial charge in [-0.15, -0.1) is 0 Å². The van der Waals surface area contributed by atoms with Gasteiger partial charge in [0.25, 0.3) is 0 Å². The van der Waals surface area contributed by atoms with Crippen molar-refractivity contribution in [2.45, 2.75) is 38.6 Å². The van der Waals surface area contributed by atoms with Gasteiger partial charge in [0, 0.05) is 13.1 Å². The minimum Gasteiger partial charge on any atom is -0.373 e. The molecule has 0 spiro atoms. The lowest BCUT2D eigenvalue weighted by atomic mass is 10.2. The Balaban J connectivity index is 2.01. The zero-order valence-corrected chi connectivity index (χ0v) is 13.0. The summed E-state index contributed by atoms with van der Waals surface area (Å²) in [5.41, 5.74) is 1.20. The third-order valence-corrected chi connectivity index (χ3v) is 4.07. The molecule has 112 valence electrons. The summed E-state index contributed by atoms with van der Waals surface area (Å²) in [6.45, 7) is 3.53. The fourth-order valence-corrected chi connectivity index (χ4v) is 2.80. The Hall–Kier alpha value is -1.73. The molecule has 1 atom stereocenters. The molecule has 0 bridgehead atoms. The van der Waals surface area contributed by atoms with E-state index in [2.05, 4.69) is 5.32 Å². The summed E-state index contributed by atoms with van der Waals surface area (Å²) in [5.74, 6) is 0.109. The third kappa shape index (κ3) is 4.12. The second kappa shape index (κ2) is 7.33. The van der Waals surface area contributed by atoms with Crippen molar-refractivity contribution in [2.75, 3.05) is 18.4 Å². The van der Waals surface area contributed by atoms with Crippen LogP contribution < -0.4 is 5.32 Å². The number of carbonyl (C=O) groups is 1. The number of benzene rings is 1. The van der Waals surface area contributed by atoms with Gasteiger partial charge in [0.2, 0.25) is 5.91 Å². The summed E-state index contributed by atoms with van der Waals surface area (Å²) in [6, 6.07) is 6.76. The zero-order chi connectivity index (χ0) is 15.2. The largest absolute Gasteiger partial charge is 0.373 e. The van der Waals surface area contributed by atoms with Crippen molar-refractivity contribution < 1.29 is 4.79 Å². The molecule has 1 aromatic rings. The molecule has 1 aromatic carbocycles. The summed E-state index contributed by atoms with van der Waals surface area (Å²) < 4.78 is 0. The predicted octanol–water partition coefficient (Wildman–Crippen LogP) is 3.41. The Kier molecular flexibility index (Phi) is 5.46. The molecule has 1 aliphatic heterocycles. The van der Waals surface area contributed by atoms with Crippen molar-refractivity contribution in [3.05, 3.63) is 28.8 Å². The first-order valence-corrected chi connectivity index (χ1v) is 7.74. The standard InChI is InChI=1S/C16H20ClN3O/c1-12(16(21)20-8-4-2-3-5-9-20)19-15-7-6-13(11-18)10-14(15)17/h6-7,10,12,19H,2-5,8-9H2,1H3. The Bertz CT molecular complexity index is 545. The lowest BCUT2D eigenvalue weighted by Gasteiger charge is -2.25. The van der Waals surface area contributed by atoms with Crippen LogP contribution in [0, 0.1) is 11.3 Å². The summed E-state index contributed by atoms with van der Waals surface area (Å²) in [7, 11) is 0. The minimum absolute atomic E-state index is 0.109. The highest BCUT2D eigenvalue weighted by Gasteiger charge is 2.21. The first kappa shape index (κ1) is 15.7. The van der Waals surface area contributed by atoms with Crippen LogP contribution in [-0.2, 0) is 4.79 Å². The van der Waals surface area contributed by atoms with Gasteiger partial charge in [-0.1, -0.05) is 24.4 Å². The van der Waals surface area contributed by atoms with Gasteiger partial charge < -0.3 is 10.2 Å². The molecule has 21 heavy (non-hydrogen) atoms. The highest BCUT2D eigenvalue weighted by atomic mass is 35.5. The van der Waals surface area contributed by atoms with Crippen molar-refractivity contribution in [1.82, 2.24) is 4.90 Å². The second-order valence-electron chi connectivity index (χ2n) is 5.41. The van der Waals surface area contributed by atoms with Crippen molar-refractivity contribution >= 4 is 23.2 Å². The lowest BCUT2D eigenvalue weighted by Crippen LogP contribution is -2.41. The molecule has 2 rings (SSSR count). The summed E-state index contributed by atoms with van der Waals surface area (Å²) in [4.78, 5) is 14.4. The smallest absolute Gasteiger partial charge is 0.244 e. The number of nitrogens with one attached hydrogen (secondary N) is 1. The van der Waals surface area contributed by atoms with Gasteiger partial charge in [-0.3, -0.25) is 4.79 Å². The normalized spacial score (nSPS) is 16.7. The van der Waals surface area contributed by atoms with Gasteiger partial charge in [0.15, 0.2) is 0 Å². The second-order valence-corrected chi connectivity index (χ2v) is 5.82. The van der Waals surface area contributed by atoms with Crippen LogP contribution in [0.4, 0.5) is 5.69 Å². The summed E-state index contributed by atoms with van der Waals surface area (Å²) in [6.07, 6.45) is 4.56. The highest BCUT2D eigenvalue weighted by Crippen LogP contribution is 2.24. The average molecular weight is 306 g/mol. The number of amides is 1. The number of halogens is 1. The van der Waals surface area contributed by atoms with Crippen molar-refractivity contribution in [2.24, 2.45) is 0 Å². The number of carbonyl (C=O) groups excluding carboxylic acids is 1. The maximum absolute atomic E-state index is 12.5. The van der Waals surface area contributed by atoms with Crippen LogP contribution in [0.5, 0.6) is 0 Å². The van der Waals surface area contributed by atoms with E-state index in [1.807, 2.05) is 17.9 Å². The van der Waals surface area contributed by atoms with E-state index in [0.717, 1.165) is 25.9 Å². The van der Waals surface area contributed by atoms with E-state index in [9.17, 15) is 4.79 Å². The van der Waals surface area contributed by atoms with E-state index in [1.165, 1.54) is 12.8 Å². The van der Waals surface area contributed by atoms with Crippen LogP contribution in [0.2, 0.25) is 5.02 Å². The molecule has 1 amide bonds. The molecule has 5 heteroatoms. The zero-order valence-electron chi connectivity index (χ0n) is 12.2. The molecule has 0 saturated carbocycles. The first-order valence-electron chi connectivity index (χ1n) is 7.37. The van der Waals surface area contributed by atoms with Crippen LogP contribution in [0.15, 0.2) is 18.2 Å². The SMILES string of the molecule is CC(Nc1ccc(C#N)cc1Cl)C(=O)N1CCCCCC1. The van der Waals surface area contributed by atoms with E-state index in [0.29, 0.717) is 16.3 Å². The van der Waals surface area contributed by atoms with Gasteiger partial charge in [0.05, 0.1) is 22.3 Å². The molecular weight excluding hydrogens is 286 g/mol. The van der Waals surface area contributed by atoms with Crippen LogP contribution in [0.1, 0.15) is 38.2 Å². The number of nitriles is 1. The van der Waals surface area contributed by atoms with Gasteiger partial charge in [0.1, 0.15) is 6.04 Å². The number of likely N-dealkylation sites (tertiary alicyclic amines) is 1. The number of nitrogens with zero attached hydrogens (tertiary/aromatic N) is 2. The van der Waals surface area contributed by atoms with Crippen molar-refractivity contribution in [3.63, 3.8) is 0 Å². The molecule has 1 aliphatic rings. The maximum atomic E-state index is 12.5. The van der Waals surface area contributed by atoms with E-state index in [1.54, 1.807) is 18.2 Å². The molecule has 1 saturated heterocycles. The molecule has 0 aliphatic carbocycles. The fraction of sp³-hybridized carbons (Fsp3) is 0.500. The molecule has 1 heterocycles. The quantitative estimate of drug-likeness (QED) is 0.931. The number of rotatable bonds is 3.